The Hall–Kier alpha value is -1.74. The van der Waals surface area contributed by atoms with Gasteiger partial charge in [-0.25, -0.2) is 4.98 Å². The zero-order chi connectivity index (χ0) is 10.3. The summed E-state index contributed by atoms with van der Waals surface area (Å²) in [6.07, 6.45) is 1.61. The summed E-state index contributed by atoms with van der Waals surface area (Å²) in [7, 11) is 0. The van der Waals surface area contributed by atoms with E-state index in [1.54, 1.807) is 12.3 Å². The van der Waals surface area contributed by atoms with Crippen LogP contribution in [-0.4, -0.2) is 15.2 Å². The highest BCUT2D eigenvalue weighted by Crippen LogP contribution is 2.26. The van der Waals surface area contributed by atoms with Crippen LogP contribution < -0.4 is 0 Å². The van der Waals surface area contributed by atoms with Gasteiger partial charge in [0.1, 0.15) is 10.7 Å². The number of fused-ring (bicyclic) bond motifs is 3. The summed E-state index contributed by atoms with van der Waals surface area (Å²) >= 11 is 6.08. The maximum Gasteiger partial charge on any atom is 0.137 e. The standard InChI is InChI=1S/C11H6ClN3/c12-11-8-4-2-1-3-7(8)10-9(14-11)5-6-13-15-10/h1-6H. The van der Waals surface area contributed by atoms with Crippen LogP contribution in [0.15, 0.2) is 36.5 Å². The third kappa shape index (κ3) is 1.24. The number of nitrogens with zero attached hydrogens (tertiary/aromatic N) is 3. The van der Waals surface area contributed by atoms with Crippen molar-refractivity contribution < 1.29 is 0 Å². The van der Waals surface area contributed by atoms with Crippen molar-refractivity contribution in [3.63, 3.8) is 0 Å². The summed E-state index contributed by atoms with van der Waals surface area (Å²) in [6, 6.07) is 9.59. The zero-order valence-corrected chi connectivity index (χ0v) is 8.44. The predicted octanol–water partition coefficient (Wildman–Crippen LogP) is 2.83. The fraction of sp³-hybridized carbons (Fsp3) is 0. The Kier molecular flexibility index (Phi) is 1.79. The molecule has 0 aliphatic carbocycles. The van der Waals surface area contributed by atoms with E-state index in [1.807, 2.05) is 24.3 Å². The van der Waals surface area contributed by atoms with Gasteiger partial charge in [0.15, 0.2) is 0 Å². The Morgan fingerprint density at radius 1 is 1.00 bits per heavy atom. The summed E-state index contributed by atoms with van der Waals surface area (Å²) < 4.78 is 0. The van der Waals surface area contributed by atoms with E-state index in [2.05, 4.69) is 15.2 Å². The molecule has 0 saturated carbocycles. The van der Waals surface area contributed by atoms with Gasteiger partial charge in [-0.1, -0.05) is 35.9 Å². The molecule has 0 radical (unpaired) electrons. The first-order valence-corrected chi connectivity index (χ1v) is 4.90. The molecule has 1 aromatic carbocycles. The van der Waals surface area contributed by atoms with E-state index in [4.69, 9.17) is 11.6 Å². The molecule has 2 aromatic heterocycles. The first-order chi connectivity index (χ1) is 7.36. The lowest BCUT2D eigenvalue weighted by molar-refractivity contribution is 1.07. The van der Waals surface area contributed by atoms with Crippen LogP contribution in [0.3, 0.4) is 0 Å². The lowest BCUT2D eigenvalue weighted by Gasteiger charge is -2.02. The molecule has 4 heteroatoms. The third-order valence-corrected chi connectivity index (χ3v) is 2.61. The SMILES string of the molecule is Clc1nc2ccnnc2c2ccccc12. The Morgan fingerprint density at radius 2 is 1.80 bits per heavy atom. The largest absolute Gasteiger partial charge is 0.234 e. The summed E-state index contributed by atoms with van der Waals surface area (Å²) in [5.74, 6) is 0. The van der Waals surface area contributed by atoms with Crippen molar-refractivity contribution in [1.29, 1.82) is 0 Å². The fourth-order valence-corrected chi connectivity index (χ4v) is 1.90. The average molecular weight is 216 g/mol. The van der Waals surface area contributed by atoms with Crippen LogP contribution in [0.4, 0.5) is 0 Å². The van der Waals surface area contributed by atoms with E-state index in [0.29, 0.717) is 5.15 Å². The van der Waals surface area contributed by atoms with Crippen LogP contribution in [0.2, 0.25) is 5.15 Å². The first-order valence-electron chi connectivity index (χ1n) is 4.52. The molecule has 72 valence electrons. The minimum absolute atomic E-state index is 0.506. The molecule has 0 atom stereocenters. The Balaban J connectivity index is 2.64. The molecule has 3 nitrogen and oxygen atoms in total. The van der Waals surface area contributed by atoms with Crippen molar-refractivity contribution in [2.24, 2.45) is 0 Å². The van der Waals surface area contributed by atoms with E-state index >= 15 is 0 Å². The Morgan fingerprint density at radius 3 is 2.67 bits per heavy atom. The van der Waals surface area contributed by atoms with Crippen molar-refractivity contribution in [1.82, 2.24) is 15.2 Å². The van der Waals surface area contributed by atoms with Gasteiger partial charge in [0.25, 0.3) is 0 Å². The van der Waals surface area contributed by atoms with Crippen molar-refractivity contribution in [2.75, 3.05) is 0 Å². The van der Waals surface area contributed by atoms with Crippen LogP contribution >= 0.6 is 11.6 Å². The molecule has 0 amide bonds. The van der Waals surface area contributed by atoms with E-state index < -0.39 is 0 Å². The summed E-state index contributed by atoms with van der Waals surface area (Å²) in [4.78, 5) is 4.27. The second kappa shape index (κ2) is 3.14. The molecular formula is C11H6ClN3. The number of aromatic nitrogens is 3. The molecule has 0 aliphatic heterocycles. The average Bonchev–Trinajstić information content (AvgIpc) is 2.30. The molecule has 3 rings (SSSR count). The van der Waals surface area contributed by atoms with Gasteiger partial charge in [-0.05, 0) is 6.07 Å². The maximum absolute atomic E-state index is 6.08. The van der Waals surface area contributed by atoms with Crippen molar-refractivity contribution >= 4 is 33.4 Å². The molecule has 0 spiro atoms. The molecule has 3 aromatic rings. The molecule has 0 unspecified atom stereocenters. The second-order valence-electron chi connectivity index (χ2n) is 3.21. The van der Waals surface area contributed by atoms with Crippen LogP contribution in [0, 0.1) is 0 Å². The number of pyridine rings is 1. The summed E-state index contributed by atoms with van der Waals surface area (Å²) in [5.41, 5.74) is 1.56. The van der Waals surface area contributed by atoms with Crippen molar-refractivity contribution in [2.45, 2.75) is 0 Å². The Bertz CT molecular complexity index is 651. The highest BCUT2D eigenvalue weighted by Gasteiger charge is 2.06. The number of rotatable bonds is 0. The minimum Gasteiger partial charge on any atom is -0.234 e. The molecule has 0 bridgehead atoms. The Labute approximate surface area is 90.7 Å². The predicted molar refractivity (Wildman–Crippen MR) is 59.8 cm³/mol. The number of benzene rings is 1. The molecule has 0 saturated heterocycles. The molecular weight excluding hydrogens is 210 g/mol. The number of hydrogen-bond donors (Lipinski definition) is 0. The van der Waals surface area contributed by atoms with Gasteiger partial charge >= 0.3 is 0 Å². The van der Waals surface area contributed by atoms with Gasteiger partial charge in [-0.2, -0.15) is 5.10 Å². The summed E-state index contributed by atoms with van der Waals surface area (Å²) in [6.45, 7) is 0. The van der Waals surface area contributed by atoms with Gasteiger partial charge in [-0.15, -0.1) is 5.10 Å². The normalized spacial score (nSPS) is 11.0. The van der Waals surface area contributed by atoms with Gasteiger partial charge < -0.3 is 0 Å². The minimum atomic E-state index is 0.506. The molecule has 0 N–H and O–H groups in total. The molecule has 0 fully saturated rings. The molecule has 2 heterocycles. The van der Waals surface area contributed by atoms with Crippen LogP contribution in [-0.2, 0) is 0 Å². The van der Waals surface area contributed by atoms with E-state index in [0.717, 1.165) is 21.8 Å². The monoisotopic (exact) mass is 215 g/mol. The van der Waals surface area contributed by atoms with E-state index in [-0.39, 0.29) is 0 Å². The van der Waals surface area contributed by atoms with Gasteiger partial charge in [0.2, 0.25) is 0 Å². The lowest BCUT2D eigenvalue weighted by atomic mass is 10.1. The third-order valence-electron chi connectivity index (χ3n) is 2.32. The first kappa shape index (κ1) is 8.56. The van der Waals surface area contributed by atoms with Gasteiger partial charge in [-0.3, -0.25) is 0 Å². The quantitative estimate of drug-likeness (QED) is 0.428. The van der Waals surface area contributed by atoms with Crippen molar-refractivity contribution in [3.05, 3.63) is 41.7 Å². The van der Waals surface area contributed by atoms with Gasteiger partial charge in [0.05, 0.1) is 11.7 Å². The topological polar surface area (TPSA) is 38.7 Å². The second-order valence-corrected chi connectivity index (χ2v) is 3.57. The highest BCUT2D eigenvalue weighted by atomic mass is 35.5. The van der Waals surface area contributed by atoms with E-state index in [9.17, 15) is 0 Å². The fourth-order valence-electron chi connectivity index (χ4n) is 1.64. The van der Waals surface area contributed by atoms with Crippen LogP contribution in [0.1, 0.15) is 0 Å². The lowest BCUT2D eigenvalue weighted by Crippen LogP contribution is -1.88. The molecule has 15 heavy (non-hydrogen) atoms. The number of halogens is 1. The smallest absolute Gasteiger partial charge is 0.137 e. The van der Waals surface area contributed by atoms with E-state index in [1.165, 1.54) is 0 Å². The van der Waals surface area contributed by atoms with Crippen LogP contribution in [0.25, 0.3) is 21.8 Å². The highest BCUT2D eigenvalue weighted by molar-refractivity contribution is 6.35. The maximum atomic E-state index is 6.08. The van der Waals surface area contributed by atoms with Crippen LogP contribution in [0.5, 0.6) is 0 Å². The summed E-state index contributed by atoms with van der Waals surface area (Å²) in [5, 5.41) is 10.3. The zero-order valence-electron chi connectivity index (χ0n) is 7.68. The van der Waals surface area contributed by atoms with Gasteiger partial charge in [0, 0.05) is 10.8 Å². The molecule has 0 aliphatic rings. The van der Waals surface area contributed by atoms with Crippen molar-refractivity contribution in [3.8, 4) is 0 Å². The number of hydrogen-bond acceptors (Lipinski definition) is 3.